The zero-order chi connectivity index (χ0) is 11.3. The zero-order valence-corrected chi connectivity index (χ0v) is 13.4. The van der Waals surface area contributed by atoms with Crippen LogP contribution in [-0.4, -0.2) is 36.0 Å². The first-order valence-electron chi connectivity index (χ1n) is 4.77. The van der Waals surface area contributed by atoms with E-state index in [0.717, 1.165) is 25.0 Å². The average Bonchev–Trinajstić information content (AvgIpc) is 2.46. The molecule has 90 valence electrons. The molecule has 6 nitrogen and oxygen atoms in total. The van der Waals surface area contributed by atoms with E-state index in [-0.39, 0.29) is 35.1 Å². The molecule has 0 radical (unpaired) electrons. The monoisotopic (exact) mass is 277 g/mol. The minimum absolute atomic E-state index is 0. The van der Waals surface area contributed by atoms with Crippen LogP contribution in [0.1, 0.15) is 13.3 Å². The van der Waals surface area contributed by atoms with Crippen molar-refractivity contribution in [1.29, 1.82) is 0 Å². The molecule has 1 fully saturated rings. The van der Waals surface area contributed by atoms with Gasteiger partial charge in [-0.2, -0.15) is 9.34 Å². The quantitative estimate of drug-likeness (QED) is 0.126. The summed E-state index contributed by atoms with van der Waals surface area (Å²) in [5.74, 6) is 0.717. The fourth-order valence-corrected chi connectivity index (χ4v) is 2.12. The largest absolute Gasteiger partial charge is 1.00 e. The van der Waals surface area contributed by atoms with E-state index in [1.807, 2.05) is 0 Å². The van der Waals surface area contributed by atoms with Crippen LogP contribution in [0.25, 0.3) is 0 Å². The van der Waals surface area contributed by atoms with Crippen molar-refractivity contribution in [2.45, 2.75) is 25.0 Å². The molecule has 3 atom stereocenters. The Morgan fingerprint density at radius 2 is 2.31 bits per heavy atom. The average molecular weight is 277 g/mol. The van der Waals surface area contributed by atoms with Gasteiger partial charge in [0.25, 0.3) is 0 Å². The summed E-state index contributed by atoms with van der Waals surface area (Å²) in [7, 11) is 2.07. The predicted molar refractivity (Wildman–Crippen MR) is 56.6 cm³/mol. The van der Waals surface area contributed by atoms with E-state index in [4.69, 9.17) is 12.6 Å². The Bertz CT molecular complexity index is 194. The van der Waals surface area contributed by atoms with Gasteiger partial charge in [-0.3, -0.25) is 5.04 Å². The van der Waals surface area contributed by atoms with Gasteiger partial charge in [-0.1, -0.05) is 0 Å². The third-order valence-electron chi connectivity index (χ3n) is 2.53. The van der Waals surface area contributed by atoms with Gasteiger partial charge in [0.1, 0.15) is 0 Å². The Morgan fingerprint density at radius 1 is 1.62 bits per heavy atom. The third kappa shape index (κ3) is 5.40. The number of nitrogens with one attached hydrogen (secondary N) is 2. The van der Waals surface area contributed by atoms with Gasteiger partial charge in [-0.25, -0.2) is 5.43 Å². The Kier molecular flexibility index (Phi) is 10.3. The first kappa shape index (κ1) is 17.5. The molecule has 1 aliphatic rings. The van der Waals surface area contributed by atoms with Gasteiger partial charge >= 0.3 is 29.6 Å². The molecule has 0 spiro atoms. The summed E-state index contributed by atoms with van der Waals surface area (Å²) < 4.78 is 4.16. The van der Waals surface area contributed by atoms with Crippen LogP contribution in [0.2, 0.25) is 0 Å². The SMILES string of the molecule is CC1N(CCCSOO[O-])NC([S-])[NH+]1C.[Na+]. The first-order valence-corrected chi connectivity index (χ1v) is 6.15. The topological polar surface area (TPSA) is 61.2 Å². The molecule has 0 aromatic carbocycles. The van der Waals surface area contributed by atoms with E-state index in [1.165, 1.54) is 4.90 Å². The summed E-state index contributed by atoms with van der Waals surface area (Å²) >= 11 is 6.24. The van der Waals surface area contributed by atoms with Crippen LogP contribution in [0.4, 0.5) is 0 Å². The minimum Gasteiger partial charge on any atom is -0.709 e. The van der Waals surface area contributed by atoms with E-state index in [2.05, 4.69) is 33.8 Å². The maximum atomic E-state index is 9.50. The maximum absolute atomic E-state index is 9.50. The second kappa shape index (κ2) is 9.40. The summed E-state index contributed by atoms with van der Waals surface area (Å²) in [5.41, 5.74) is 3.25. The standard InChI is InChI=1S/C7H17N3O3S2.Na/c1-6-9(2)7(14)8-10(6)4-3-5-15-13-12-11;/h6-8,11,14H,3-5H2,1-2H3;/q;+1/p-1. The van der Waals surface area contributed by atoms with Crippen molar-refractivity contribution in [2.24, 2.45) is 0 Å². The van der Waals surface area contributed by atoms with Gasteiger partial charge in [0, 0.05) is 36.8 Å². The van der Waals surface area contributed by atoms with Crippen molar-refractivity contribution in [3.05, 3.63) is 0 Å². The minimum atomic E-state index is 0. The van der Waals surface area contributed by atoms with Gasteiger partial charge in [0.15, 0.2) is 6.17 Å². The van der Waals surface area contributed by atoms with E-state index in [1.54, 1.807) is 0 Å². The smallest absolute Gasteiger partial charge is 0.709 e. The molecule has 0 amide bonds. The first-order chi connectivity index (χ1) is 7.16. The molecule has 0 bridgehead atoms. The number of nitrogens with zero attached hydrogens (tertiary/aromatic N) is 1. The van der Waals surface area contributed by atoms with Crippen LogP contribution >= 0.6 is 12.0 Å². The van der Waals surface area contributed by atoms with E-state index >= 15 is 0 Å². The summed E-state index contributed by atoms with van der Waals surface area (Å²) in [6.07, 6.45) is 1.27. The summed E-state index contributed by atoms with van der Waals surface area (Å²) in [5, 5.41) is 14.9. The Hall–Kier alpha value is 1.46. The molecular formula is C7H16N3NaO3S2. The molecule has 1 rings (SSSR count). The van der Waals surface area contributed by atoms with E-state index in [9.17, 15) is 5.26 Å². The van der Waals surface area contributed by atoms with E-state index < -0.39 is 0 Å². The number of quaternary nitrogens is 1. The molecule has 16 heavy (non-hydrogen) atoms. The van der Waals surface area contributed by atoms with Crippen molar-refractivity contribution >= 4 is 24.7 Å². The van der Waals surface area contributed by atoms with Crippen molar-refractivity contribution in [3.63, 3.8) is 0 Å². The fraction of sp³-hybridized carbons (Fsp3) is 1.00. The molecule has 0 aromatic heterocycles. The van der Waals surface area contributed by atoms with Crippen LogP contribution in [0.3, 0.4) is 0 Å². The maximum Gasteiger partial charge on any atom is 1.00 e. The van der Waals surface area contributed by atoms with Gasteiger partial charge < -0.3 is 22.8 Å². The van der Waals surface area contributed by atoms with Crippen molar-refractivity contribution in [3.8, 4) is 0 Å². The van der Waals surface area contributed by atoms with Crippen LogP contribution in [0.15, 0.2) is 0 Å². The molecule has 1 heterocycles. The number of hydrogen-bond donors (Lipinski definition) is 2. The predicted octanol–water partition coefficient (Wildman–Crippen LogP) is -5.24. The summed E-state index contributed by atoms with van der Waals surface area (Å²) in [6, 6.07) is 0. The molecular weight excluding hydrogens is 261 g/mol. The normalized spacial score (nSPS) is 30.4. The van der Waals surface area contributed by atoms with Crippen LogP contribution in [0.5, 0.6) is 0 Å². The van der Waals surface area contributed by atoms with Crippen molar-refractivity contribution in [1.82, 2.24) is 10.4 Å². The molecule has 0 aromatic rings. The fourth-order valence-electron chi connectivity index (χ4n) is 1.43. The van der Waals surface area contributed by atoms with Crippen LogP contribution in [-0.2, 0) is 22.0 Å². The van der Waals surface area contributed by atoms with Gasteiger partial charge in [0.05, 0.1) is 7.05 Å². The number of hydrazine groups is 1. The Balaban J connectivity index is 0.00000225. The molecule has 9 heteroatoms. The van der Waals surface area contributed by atoms with Gasteiger partial charge in [0.2, 0.25) is 0 Å². The second-order valence-electron chi connectivity index (χ2n) is 3.43. The summed E-state index contributed by atoms with van der Waals surface area (Å²) in [4.78, 5) is 1.27. The van der Waals surface area contributed by atoms with Gasteiger partial charge in [-0.05, 0) is 6.42 Å². The van der Waals surface area contributed by atoms with Gasteiger partial charge in [-0.15, -0.1) is 0 Å². The third-order valence-corrected chi connectivity index (χ3v) is 3.61. The molecule has 0 saturated carbocycles. The number of hydrogen-bond acceptors (Lipinski definition) is 7. The number of rotatable bonds is 6. The zero-order valence-electron chi connectivity index (χ0n) is 9.76. The van der Waals surface area contributed by atoms with Crippen molar-refractivity contribution < 1.29 is 49.1 Å². The van der Waals surface area contributed by atoms with Crippen LogP contribution < -0.4 is 45.1 Å². The molecule has 1 saturated heterocycles. The summed E-state index contributed by atoms with van der Waals surface area (Å²) in [6.45, 7) is 3.00. The second-order valence-corrected chi connectivity index (χ2v) is 4.69. The van der Waals surface area contributed by atoms with Crippen molar-refractivity contribution in [2.75, 3.05) is 19.3 Å². The Morgan fingerprint density at radius 3 is 2.81 bits per heavy atom. The Labute approximate surface area is 128 Å². The molecule has 1 aliphatic heterocycles. The van der Waals surface area contributed by atoms with Crippen LogP contribution in [0, 0.1) is 0 Å². The molecule has 3 unspecified atom stereocenters. The molecule has 0 aliphatic carbocycles. The van der Waals surface area contributed by atoms with E-state index in [0.29, 0.717) is 11.9 Å². The molecule has 2 N–H and O–H groups in total.